The third-order valence-corrected chi connectivity index (χ3v) is 1.25. The summed E-state index contributed by atoms with van der Waals surface area (Å²) >= 11 is 0. The lowest BCUT2D eigenvalue weighted by Gasteiger charge is -2.06. The van der Waals surface area contributed by atoms with E-state index in [1.807, 2.05) is 0 Å². The second kappa shape index (κ2) is 6.19. The molecule has 0 aromatic rings. The normalized spacial score (nSPS) is 11.0. The van der Waals surface area contributed by atoms with Crippen LogP contribution >= 0.6 is 0 Å². The quantitative estimate of drug-likeness (QED) is 0.440. The molecule has 4 nitrogen and oxygen atoms in total. The number of nitrogens with one attached hydrogen (secondary N) is 1. The van der Waals surface area contributed by atoms with Crippen LogP contribution in [0, 0.1) is 5.92 Å². The zero-order valence-corrected chi connectivity index (χ0v) is 6.62. The highest BCUT2D eigenvalue weighted by Gasteiger charge is 2.08. The van der Waals surface area contributed by atoms with Crippen LogP contribution in [0.2, 0.25) is 0 Å². The zero-order chi connectivity index (χ0) is 9.40. The van der Waals surface area contributed by atoms with Crippen molar-refractivity contribution in [3.05, 3.63) is 18.4 Å². The molecule has 0 aliphatic heterocycles. The second-order valence-corrected chi connectivity index (χ2v) is 2.25. The second-order valence-electron chi connectivity index (χ2n) is 2.25. The third-order valence-electron chi connectivity index (χ3n) is 1.25. The smallest absolute Gasteiger partial charge is 0.304 e. The van der Waals surface area contributed by atoms with E-state index >= 15 is 0 Å². The Hall–Kier alpha value is -1.54. The van der Waals surface area contributed by atoms with Crippen LogP contribution < -0.4 is 5.32 Å². The van der Waals surface area contributed by atoms with Gasteiger partial charge in [0.05, 0.1) is 6.42 Å². The lowest BCUT2D eigenvalue weighted by molar-refractivity contribution is -0.137. The average Bonchev–Trinajstić information content (AvgIpc) is 2.00. The van der Waals surface area contributed by atoms with Gasteiger partial charge < -0.3 is 10.4 Å². The molecule has 0 aromatic carbocycles. The molecule has 0 rings (SSSR count). The Kier molecular flexibility index (Phi) is 5.39. The van der Waals surface area contributed by atoms with Gasteiger partial charge in [0.15, 0.2) is 0 Å². The maximum atomic E-state index is 10.3. The van der Waals surface area contributed by atoms with Gasteiger partial charge in [0.25, 0.3) is 0 Å². The van der Waals surface area contributed by atoms with E-state index in [1.165, 1.54) is 6.08 Å². The highest BCUT2D eigenvalue weighted by Crippen LogP contribution is 2.02. The monoisotopic (exact) mass is 169 g/mol. The van der Waals surface area contributed by atoms with Crippen molar-refractivity contribution in [1.29, 1.82) is 0 Å². The highest BCUT2D eigenvalue weighted by molar-refractivity contribution is 5.67. The van der Waals surface area contributed by atoms with Gasteiger partial charge in [-0.05, 0) is 6.08 Å². The predicted molar refractivity (Wildman–Crippen MR) is 43.5 cm³/mol. The molecule has 4 heteroatoms. The summed E-state index contributed by atoms with van der Waals surface area (Å²) in [6, 6.07) is 0. The number of carboxylic acid groups (broad SMARTS) is 1. The molecule has 0 aliphatic carbocycles. The Labute approximate surface area is 70.6 Å². The van der Waals surface area contributed by atoms with Crippen LogP contribution in [0.3, 0.4) is 0 Å². The number of carbonyl (C=O) groups is 2. The Morgan fingerprint density at radius 1 is 1.75 bits per heavy atom. The van der Waals surface area contributed by atoms with E-state index in [0.717, 1.165) is 0 Å². The van der Waals surface area contributed by atoms with E-state index in [9.17, 15) is 9.59 Å². The number of hydrogen-bond acceptors (Lipinski definition) is 2. The average molecular weight is 169 g/mol. The van der Waals surface area contributed by atoms with Crippen molar-refractivity contribution in [1.82, 2.24) is 5.32 Å². The van der Waals surface area contributed by atoms with Gasteiger partial charge in [-0.25, -0.2) is 0 Å². The molecule has 66 valence electrons. The Balaban J connectivity index is 3.93. The number of rotatable bonds is 6. The summed E-state index contributed by atoms with van der Waals surface area (Å²) in [4.78, 5) is 20.2. The molecule has 1 unspecified atom stereocenters. The summed E-state index contributed by atoms with van der Waals surface area (Å²) in [6.45, 7) is 3.63. The summed E-state index contributed by atoms with van der Waals surface area (Å²) in [5.41, 5.74) is 2.49. The topological polar surface area (TPSA) is 66.4 Å². The minimum absolute atomic E-state index is 0.0244. The van der Waals surface area contributed by atoms with E-state index in [2.05, 4.69) is 17.6 Å². The van der Waals surface area contributed by atoms with Crippen LogP contribution in [0.4, 0.5) is 0 Å². The van der Waals surface area contributed by atoms with E-state index in [4.69, 9.17) is 5.11 Å². The Morgan fingerprint density at radius 3 is 2.83 bits per heavy atom. The zero-order valence-electron chi connectivity index (χ0n) is 6.62. The van der Waals surface area contributed by atoms with Crippen LogP contribution in [0.5, 0.6) is 0 Å². The first-order valence-corrected chi connectivity index (χ1v) is 3.45. The minimum atomic E-state index is -0.904. The maximum absolute atomic E-state index is 10.3. The van der Waals surface area contributed by atoms with E-state index < -0.39 is 5.97 Å². The van der Waals surface area contributed by atoms with Gasteiger partial charge in [0, 0.05) is 12.5 Å². The molecule has 0 radical (unpaired) electrons. The minimum Gasteiger partial charge on any atom is -0.481 e. The van der Waals surface area contributed by atoms with Crippen LogP contribution in [-0.2, 0) is 9.59 Å². The van der Waals surface area contributed by atoms with Crippen molar-refractivity contribution in [3.8, 4) is 0 Å². The lowest BCUT2D eigenvalue weighted by atomic mass is 10.1. The lowest BCUT2D eigenvalue weighted by Crippen LogP contribution is -2.21. The standard InChI is InChI=1S/C8H11NO3/c1-2-3-7(4-8(11)12)5-9-6-10/h3,6-7H,1,4-5H2,(H,9,10)(H,11,12). The first-order chi connectivity index (χ1) is 5.70. The van der Waals surface area contributed by atoms with Crippen LogP contribution in [0.1, 0.15) is 6.42 Å². The third kappa shape index (κ3) is 5.26. The number of carboxylic acids is 1. The van der Waals surface area contributed by atoms with Gasteiger partial charge in [-0.2, -0.15) is 0 Å². The van der Waals surface area contributed by atoms with Crippen LogP contribution in [0.25, 0.3) is 0 Å². The van der Waals surface area contributed by atoms with Crippen LogP contribution in [0.15, 0.2) is 18.4 Å². The van der Waals surface area contributed by atoms with Gasteiger partial charge >= 0.3 is 5.97 Å². The fourth-order valence-electron chi connectivity index (χ4n) is 0.780. The Bertz CT molecular complexity index is 206. The number of aliphatic carboxylic acids is 1. The molecule has 0 fully saturated rings. The molecule has 1 amide bonds. The van der Waals surface area contributed by atoms with E-state index in [1.54, 1.807) is 0 Å². The van der Waals surface area contributed by atoms with Crippen LogP contribution in [-0.4, -0.2) is 24.0 Å². The molecule has 0 aliphatic rings. The van der Waals surface area contributed by atoms with Crippen molar-refractivity contribution in [2.45, 2.75) is 6.42 Å². The number of hydrogen-bond donors (Lipinski definition) is 2. The fourth-order valence-corrected chi connectivity index (χ4v) is 0.780. The molecular formula is C8H11NO3. The molecule has 0 spiro atoms. The summed E-state index contributed by atoms with van der Waals surface area (Å²) in [5.74, 6) is -1.13. The first-order valence-electron chi connectivity index (χ1n) is 3.45. The maximum Gasteiger partial charge on any atom is 0.304 e. The molecule has 0 bridgehead atoms. The molecule has 0 saturated heterocycles. The van der Waals surface area contributed by atoms with Crippen molar-refractivity contribution in [2.75, 3.05) is 6.54 Å². The molecule has 0 aromatic heterocycles. The molecular weight excluding hydrogens is 158 g/mol. The van der Waals surface area contributed by atoms with Crippen molar-refractivity contribution < 1.29 is 14.7 Å². The molecule has 0 heterocycles. The molecule has 0 saturated carbocycles. The molecule has 12 heavy (non-hydrogen) atoms. The SMILES string of the molecule is C=C=CC(CNC=O)CC(=O)O. The highest BCUT2D eigenvalue weighted by atomic mass is 16.4. The summed E-state index contributed by atoms with van der Waals surface area (Å²) in [6.07, 6.45) is 2.04. The van der Waals surface area contributed by atoms with E-state index in [0.29, 0.717) is 13.0 Å². The first kappa shape index (κ1) is 10.5. The molecule has 1 atom stereocenters. The fraction of sp³-hybridized carbons (Fsp3) is 0.375. The number of carbonyl (C=O) groups excluding carboxylic acids is 1. The summed E-state index contributed by atoms with van der Waals surface area (Å²) in [5, 5.41) is 10.8. The van der Waals surface area contributed by atoms with Gasteiger partial charge in [0.2, 0.25) is 6.41 Å². The van der Waals surface area contributed by atoms with Gasteiger partial charge in [-0.1, -0.05) is 6.58 Å². The summed E-state index contributed by atoms with van der Waals surface area (Å²) in [7, 11) is 0. The largest absolute Gasteiger partial charge is 0.481 e. The van der Waals surface area contributed by atoms with Crippen molar-refractivity contribution in [3.63, 3.8) is 0 Å². The van der Waals surface area contributed by atoms with Crippen molar-refractivity contribution >= 4 is 12.4 Å². The van der Waals surface area contributed by atoms with E-state index in [-0.39, 0.29) is 12.3 Å². The number of amides is 1. The predicted octanol–water partition coefficient (Wildman–Crippen LogP) is 0.164. The Morgan fingerprint density at radius 2 is 2.42 bits per heavy atom. The molecule has 2 N–H and O–H groups in total. The van der Waals surface area contributed by atoms with Gasteiger partial charge in [-0.15, -0.1) is 5.73 Å². The summed E-state index contributed by atoms with van der Waals surface area (Å²) < 4.78 is 0. The van der Waals surface area contributed by atoms with Crippen molar-refractivity contribution in [2.24, 2.45) is 5.92 Å². The van der Waals surface area contributed by atoms with Gasteiger partial charge in [0.1, 0.15) is 0 Å². The van der Waals surface area contributed by atoms with Gasteiger partial charge in [-0.3, -0.25) is 9.59 Å².